The van der Waals surface area contributed by atoms with Gasteiger partial charge < -0.3 is 15.5 Å². The molecule has 32 heavy (non-hydrogen) atoms. The van der Waals surface area contributed by atoms with Crippen LogP contribution < -0.4 is 10.6 Å². The van der Waals surface area contributed by atoms with Crippen LogP contribution in [0.15, 0.2) is 29.3 Å². The van der Waals surface area contributed by atoms with Crippen molar-refractivity contribution in [2.24, 2.45) is 12.0 Å². The summed E-state index contributed by atoms with van der Waals surface area (Å²) >= 11 is 0. The minimum absolute atomic E-state index is 0.264. The first-order valence-electron chi connectivity index (χ1n) is 11.9. The normalized spacial score (nSPS) is 16.9. The smallest absolute Gasteiger partial charge is 0.191 e. The zero-order chi connectivity index (χ0) is 23.1. The van der Waals surface area contributed by atoms with Crippen molar-refractivity contribution in [2.75, 3.05) is 39.8 Å². The number of nitrogens with one attached hydrogen (secondary N) is 2. The molecule has 176 valence electrons. The van der Waals surface area contributed by atoms with Gasteiger partial charge in [-0.1, -0.05) is 24.3 Å². The van der Waals surface area contributed by atoms with Crippen LogP contribution in [0.1, 0.15) is 41.9 Å². The fraction of sp³-hybridized carbons (Fsp3) is 0.600. The van der Waals surface area contributed by atoms with Crippen molar-refractivity contribution in [3.05, 3.63) is 52.3 Å². The van der Waals surface area contributed by atoms with E-state index < -0.39 is 0 Å². The molecule has 1 aliphatic heterocycles. The predicted octanol–water partition coefficient (Wildman–Crippen LogP) is 2.47. The zero-order valence-corrected chi connectivity index (χ0v) is 20.8. The molecular weight excluding hydrogens is 398 g/mol. The highest BCUT2D eigenvalue weighted by Crippen LogP contribution is 2.14. The fourth-order valence-corrected chi connectivity index (χ4v) is 4.21. The Bertz CT molecular complexity index is 876. The molecule has 2 heterocycles. The predicted molar refractivity (Wildman–Crippen MR) is 133 cm³/mol. The third kappa shape index (κ3) is 6.81. The first kappa shape index (κ1) is 24.3. The van der Waals surface area contributed by atoms with E-state index in [1.165, 1.54) is 22.4 Å². The lowest BCUT2D eigenvalue weighted by atomic mass is 10.1. The summed E-state index contributed by atoms with van der Waals surface area (Å²) in [5.74, 6) is 0.862. The van der Waals surface area contributed by atoms with E-state index in [4.69, 9.17) is 4.99 Å². The van der Waals surface area contributed by atoms with Gasteiger partial charge in [0.05, 0.1) is 12.2 Å². The van der Waals surface area contributed by atoms with Crippen molar-refractivity contribution < 1.29 is 0 Å². The minimum Gasteiger partial charge on any atom is -0.357 e. The van der Waals surface area contributed by atoms with Gasteiger partial charge in [0.1, 0.15) is 0 Å². The Morgan fingerprint density at radius 2 is 1.72 bits per heavy atom. The Morgan fingerprint density at radius 1 is 1.06 bits per heavy atom. The van der Waals surface area contributed by atoms with Crippen LogP contribution in [0.2, 0.25) is 0 Å². The Morgan fingerprint density at radius 3 is 2.31 bits per heavy atom. The maximum atomic E-state index is 4.83. The van der Waals surface area contributed by atoms with E-state index in [9.17, 15) is 0 Å². The molecule has 1 atom stereocenters. The molecule has 2 aromatic rings. The van der Waals surface area contributed by atoms with Crippen molar-refractivity contribution in [1.29, 1.82) is 0 Å². The molecular formula is C25H41N7. The lowest BCUT2D eigenvalue weighted by molar-refractivity contribution is 0.148. The van der Waals surface area contributed by atoms with Crippen molar-refractivity contribution in [3.63, 3.8) is 0 Å². The van der Waals surface area contributed by atoms with Crippen LogP contribution in [0, 0.1) is 13.8 Å². The van der Waals surface area contributed by atoms with Crippen LogP contribution in [0.4, 0.5) is 0 Å². The van der Waals surface area contributed by atoms with Gasteiger partial charge in [0.15, 0.2) is 5.96 Å². The maximum absolute atomic E-state index is 4.83. The quantitative estimate of drug-likeness (QED) is 0.489. The number of piperazine rings is 1. The lowest BCUT2D eigenvalue weighted by Gasteiger charge is -2.32. The van der Waals surface area contributed by atoms with E-state index in [-0.39, 0.29) is 6.04 Å². The van der Waals surface area contributed by atoms with Crippen LogP contribution in [0.25, 0.3) is 0 Å². The van der Waals surface area contributed by atoms with E-state index >= 15 is 0 Å². The van der Waals surface area contributed by atoms with Crippen LogP contribution in [-0.4, -0.2) is 71.4 Å². The number of benzene rings is 1. The molecule has 1 saturated heterocycles. The molecule has 0 amide bonds. The molecule has 7 nitrogen and oxygen atoms in total. The number of likely N-dealkylation sites (N-methyl/N-ethyl adjacent to an activating group) is 1. The lowest BCUT2D eigenvalue weighted by Crippen LogP contribution is -2.43. The van der Waals surface area contributed by atoms with Crippen LogP contribution in [0.5, 0.6) is 0 Å². The molecule has 1 unspecified atom stereocenters. The number of nitrogens with zero attached hydrogens (tertiary/aromatic N) is 5. The van der Waals surface area contributed by atoms with Gasteiger partial charge in [0, 0.05) is 58.1 Å². The molecule has 1 aromatic carbocycles. The number of guanidine groups is 1. The number of aryl methyl sites for hydroxylation is 2. The molecule has 0 saturated carbocycles. The average molecular weight is 440 g/mol. The molecule has 3 rings (SSSR count). The first-order chi connectivity index (χ1) is 15.4. The van der Waals surface area contributed by atoms with Gasteiger partial charge >= 0.3 is 0 Å². The van der Waals surface area contributed by atoms with Gasteiger partial charge in [-0.3, -0.25) is 9.58 Å². The highest BCUT2D eigenvalue weighted by atomic mass is 15.3. The topological polar surface area (TPSA) is 60.7 Å². The molecule has 1 aromatic heterocycles. The largest absolute Gasteiger partial charge is 0.357 e. The van der Waals surface area contributed by atoms with Crippen LogP contribution >= 0.6 is 0 Å². The summed E-state index contributed by atoms with van der Waals surface area (Å²) in [6.07, 6.45) is 0.927. The van der Waals surface area contributed by atoms with Gasteiger partial charge in [-0.25, -0.2) is 4.99 Å². The van der Waals surface area contributed by atoms with Crippen molar-refractivity contribution in [1.82, 2.24) is 30.2 Å². The average Bonchev–Trinajstić information content (AvgIpc) is 3.00. The Balaban J connectivity index is 1.54. The Labute approximate surface area is 193 Å². The summed E-state index contributed by atoms with van der Waals surface area (Å²) in [6.45, 7) is 15.7. The Kier molecular flexibility index (Phi) is 8.70. The highest BCUT2D eigenvalue weighted by Gasteiger charge is 2.15. The first-order valence-corrected chi connectivity index (χ1v) is 11.9. The summed E-state index contributed by atoms with van der Waals surface area (Å²) in [5, 5.41) is 11.5. The fourth-order valence-electron chi connectivity index (χ4n) is 4.21. The second kappa shape index (κ2) is 11.5. The molecule has 0 bridgehead atoms. The molecule has 7 heteroatoms. The van der Waals surface area contributed by atoms with E-state index in [1.807, 2.05) is 11.7 Å². The standard InChI is InChI=1S/C25H41N7/c1-7-26-25(28-19(2)16-24-20(3)29-31(6)21(24)4)27-17-22-8-10-23(11-9-22)18-32-14-12-30(5)13-15-32/h8-11,19H,7,12-18H2,1-6H3,(H2,26,27,28). The molecule has 0 aliphatic carbocycles. The van der Waals surface area contributed by atoms with E-state index in [2.05, 4.69) is 84.5 Å². The molecule has 2 N–H and O–H groups in total. The highest BCUT2D eigenvalue weighted by molar-refractivity contribution is 5.80. The van der Waals surface area contributed by atoms with Crippen molar-refractivity contribution >= 4 is 5.96 Å². The third-order valence-corrected chi connectivity index (χ3v) is 6.34. The SMILES string of the molecule is CCNC(=NCc1ccc(CN2CCN(C)CC2)cc1)NC(C)Cc1c(C)nn(C)c1C. The van der Waals surface area contributed by atoms with E-state index in [1.54, 1.807) is 0 Å². The number of rotatable bonds is 8. The van der Waals surface area contributed by atoms with Crippen LogP contribution in [-0.2, 0) is 26.6 Å². The summed E-state index contributed by atoms with van der Waals surface area (Å²) in [7, 11) is 4.21. The molecule has 1 aliphatic rings. The van der Waals surface area contributed by atoms with Gasteiger partial charge in [-0.05, 0) is 57.9 Å². The summed E-state index contributed by atoms with van der Waals surface area (Å²) in [5.41, 5.74) is 6.27. The monoisotopic (exact) mass is 439 g/mol. The minimum atomic E-state index is 0.264. The van der Waals surface area contributed by atoms with Gasteiger partial charge in [0.2, 0.25) is 0 Å². The summed E-state index contributed by atoms with van der Waals surface area (Å²) in [4.78, 5) is 9.76. The van der Waals surface area contributed by atoms with E-state index in [0.717, 1.165) is 57.3 Å². The van der Waals surface area contributed by atoms with Crippen molar-refractivity contribution in [2.45, 2.75) is 53.2 Å². The number of hydrogen-bond acceptors (Lipinski definition) is 4. The molecule has 0 radical (unpaired) electrons. The van der Waals surface area contributed by atoms with E-state index in [0.29, 0.717) is 6.54 Å². The Hall–Kier alpha value is -2.38. The summed E-state index contributed by atoms with van der Waals surface area (Å²) < 4.78 is 1.96. The van der Waals surface area contributed by atoms with Crippen molar-refractivity contribution in [3.8, 4) is 0 Å². The van der Waals surface area contributed by atoms with Gasteiger partial charge in [-0.15, -0.1) is 0 Å². The van der Waals surface area contributed by atoms with Gasteiger partial charge in [0.25, 0.3) is 0 Å². The molecule has 1 fully saturated rings. The summed E-state index contributed by atoms with van der Waals surface area (Å²) in [6, 6.07) is 9.19. The second-order valence-corrected chi connectivity index (χ2v) is 9.11. The number of aromatic nitrogens is 2. The van der Waals surface area contributed by atoms with Crippen LogP contribution in [0.3, 0.4) is 0 Å². The number of aliphatic imine (C=N–C) groups is 1. The van der Waals surface area contributed by atoms with Gasteiger partial charge in [-0.2, -0.15) is 5.10 Å². The second-order valence-electron chi connectivity index (χ2n) is 9.11. The molecule has 0 spiro atoms. The number of hydrogen-bond donors (Lipinski definition) is 2. The zero-order valence-electron chi connectivity index (χ0n) is 20.8. The third-order valence-electron chi connectivity index (χ3n) is 6.34. The maximum Gasteiger partial charge on any atom is 0.191 e.